The van der Waals surface area contributed by atoms with Crippen molar-refractivity contribution in [3.05, 3.63) is 0 Å². The molecular formula is C16H34O3. The zero-order valence-electron chi connectivity index (χ0n) is 13.7. The van der Waals surface area contributed by atoms with Crippen LogP contribution in [0, 0.1) is 11.3 Å². The molecule has 0 radical (unpaired) electrons. The van der Waals surface area contributed by atoms with Crippen molar-refractivity contribution in [2.24, 2.45) is 11.3 Å². The maximum atomic E-state index is 5.52. The Morgan fingerprint density at radius 1 is 0.737 bits per heavy atom. The van der Waals surface area contributed by atoms with Gasteiger partial charge in [-0.3, -0.25) is 0 Å². The van der Waals surface area contributed by atoms with Crippen molar-refractivity contribution < 1.29 is 14.2 Å². The van der Waals surface area contributed by atoms with Crippen molar-refractivity contribution in [3.63, 3.8) is 0 Å². The lowest BCUT2D eigenvalue weighted by molar-refractivity contribution is 0.0113. The van der Waals surface area contributed by atoms with Gasteiger partial charge in [0.15, 0.2) is 0 Å². The summed E-state index contributed by atoms with van der Waals surface area (Å²) in [5.41, 5.74) is 0.410. The van der Waals surface area contributed by atoms with Gasteiger partial charge in [0.25, 0.3) is 0 Å². The van der Waals surface area contributed by atoms with Gasteiger partial charge >= 0.3 is 0 Å². The zero-order valence-corrected chi connectivity index (χ0v) is 13.7. The van der Waals surface area contributed by atoms with Crippen LogP contribution in [-0.4, -0.2) is 39.6 Å². The molecule has 19 heavy (non-hydrogen) atoms. The first kappa shape index (κ1) is 18.9. The lowest BCUT2D eigenvalue weighted by atomic mass is 9.91. The van der Waals surface area contributed by atoms with Gasteiger partial charge in [-0.25, -0.2) is 0 Å². The van der Waals surface area contributed by atoms with E-state index in [4.69, 9.17) is 14.2 Å². The highest BCUT2D eigenvalue weighted by atomic mass is 16.5. The monoisotopic (exact) mass is 274 g/mol. The number of hydrogen-bond acceptors (Lipinski definition) is 3. The molecule has 0 saturated carbocycles. The molecule has 0 N–H and O–H groups in total. The Kier molecular flexibility index (Phi) is 11.6. The summed E-state index contributed by atoms with van der Waals surface area (Å²) in [7, 11) is 0. The first-order chi connectivity index (χ1) is 8.92. The summed E-state index contributed by atoms with van der Waals surface area (Å²) in [5, 5.41) is 0. The topological polar surface area (TPSA) is 27.7 Å². The van der Waals surface area contributed by atoms with Crippen molar-refractivity contribution in [1.82, 2.24) is 0 Å². The van der Waals surface area contributed by atoms with Gasteiger partial charge in [0.05, 0.1) is 26.4 Å². The van der Waals surface area contributed by atoms with E-state index in [2.05, 4.69) is 34.6 Å². The van der Waals surface area contributed by atoms with E-state index in [1.807, 2.05) is 0 Å². The molecule has 0 spiro atoms. The van der Waals surface area contributed by atoms with Crippen molar-refractivity contribution in [1.29, 1.82) is 0 Å². The van der Waals surface area contributed by atoms with Crippen LogP contribution in [0.25, 0.3) is 0 Å². The molecule has 0 bridgehead atoms. The van der Waals surface area contributed by atoms with Gasteiger partial charge in [0, 0.05) is 13.2 Å². The van der Waals surface area contributed by atoms with Crippen LogP contribution in [0.2, 0.25) is 0 Å². The highest BCUT2D eigenvalue weighted by Crippen LogP contribution is 2.20. The van der Waals surface area contributed by atoms with E-state index in [9.17, 15) is 0 Å². The molecule has 3 heteroatoms. The quantitative estimate of drug-likeness (QED) is 0.505. The molecule has 0 aromatic carbocycles. The van der Waals surface area contributed by atoms with E-state index < -0.39 is 0 Å². The molecule has 116 valence electrons. The largest absolute Gasteiger partial charge is 0.379 e. The van der Waals surface area contributed by atoms with Crippen molar-refractivity contribution in [2.75, 3.05) is 39.6 Å². The third-order valence-electron chi connectivity index (χ3n) is 2.80. The molecular weight excluding hydrogens is 240 g/mol. The van der Waals surface area contributed by atoms with E-state index in [0.29, 0.717) is 37.8 Å². The van der Waals surface area contributed by atoms with Crippen molar-refractivity contribution >= 4 is 0 Å². The van der Waals surface area contributed by atoms with Gasteiger partial charge in [0.2, 0.25) is 0 Å². The second-order valence-corrected chi connectivity index (χ2v) is 6.68. The molecule has 0 unspecified atom stereocenters. The van der Waals surface area contributed by atoms with Crippen molar-refractivity contribution in [3.8, 4) is 0 Å². The van der Waals surface area contributed by atoms with Crippen LogP contribution in [0.3, 0.4) is 0 Å². The number of ether oxygens (including phenoxy) is 3. The molecule has 0 rings (SSSR count). The third-order valence-corrected chi connectivity index (χ3v) is 2.80. The molecule has 0 aliphatic rings. The molecule has 0 aliphatic heterocycles. The molecule has 0 aromatic heterocycles. The highest BCUT2D eigenvalue weighted by molar-refractivity contribution is 4.60. The normalized spacial score (nSPS) is 12.3. The Labute approximate surface area is 120 Å². The minimum Gasteiger partial charge on any atom is -0.379 e. The van der Waals surface area contributed by atoms with Crippen molar-refractivity contribution in [2.45, 2.75) is 53.9 Å². The van der Waals surface area contributed by atoms with E-state index >= 15 is 0 Å². The van der Waals surface area contributed by atoms with Crippen LogP contribution < -0.4 is 0 Å². The molecule has 0 fully saturated rings. The second-order valence-electron chi connectivity index (χ2n) is 6.68. The summed E-state index contributed by atoms with van der Waals surface area (Å²) in [4.78, 5) is 0. The van der Waals surface area contributed by atoms with E-state index in [1.165, 1.54) is 6.42 Å². The number of hydrogen-bond donors (Lipinski definition) is 0. The van der Waals surface area contributed by atoms with Gasteiger partial charge in [0.1, 0.15) is 0 Å². The van der Waals surface area contributed by atoms with Gasteiger partial charge < -0.3 is 14.2 Å². The van der Waals surface area contributed by atoms with Crippen LogP contribution in [0.15, 0.2) is 0 Å². The van der Waals surface area contributed by atoms with Gasteiger partial charge in [-0.15, -0.1) is 0 Å². The minimum atomic E-state index is 0.410. The molecule has 0 heterocycles. The first-order valence-corrected chi connectivity index (χ1v) is 7.65. The Morgan fingerprint density at radius 3 is 1.68 bits per heavy atom. The van der Waals surface area contributed by atoms with Crippen LogP contribution >= 0.6 is 0 Å². The lowest BCUT2D eigenvalue weighted by Gasteiger charge is -2.17. The summed E-state index contributed by atoms with van der Waals surface area (Å²) in [6.45, 7) is 15.6. The van der Waals surface area contributed by atoms with Gasteiger partial charge in [-0.1, -0.05) is 34.6 Å². The SMILES string of the molecule is CC(C)CCOCCOCCOCCCC(C)(C)C. The van der Waals surface area contributed by atoms with E-state index in [1.54, 1.807) is 0 Å². The summed E-state index contributed by atoms with van der Waals surface area (Å²) >= 11 is 0. The summed E-state index contributed by atoms with van der Waals surface area (Å²) in [6.07, 6.45) is 3.45. The Bertz CT molecular complexity index is 185. The molecule has 0 aliphatic carbocycles. The van der Waals surface area contributed by atoms with E-state index in [-0.39, 0.29) is 0 Å². The van der Waals surface area contributed by atoms with Crippen LogP contribution in [0.5, 0.6) is 0 Å². The van der Waals surface area contributed by atoms with Crippen LogP contribution in [0.1, 0.15) is 53.9 Å². The third kappa shape index (κ3) is 17.9. The summed E-state index contributed by atoms with van der Waals surface area (Å²) in [6, 6.07) is 0. The lowest BCUT2D eigenvalue weighted by Crippen LogP contribution is -2.11. The smallest absolute Gasteiger partial charge is 0.0701 e. The standard InChI is InChI=1S/C16H34O3/c1-15(2)7-10-18-12-14-19-13-11-17-9-6-8-16(3,4)5/h15H,6-14H2,1-5H3. The predicted molar refractivity (Wildman–Crippen MR) is 80.6 cm³/mol. The first-order valence-electron chi connectivity index (χ1n) is 7.65. The molecule has 0 atom stereocenters. The molecule has 0 amide bonds. The van der Waals surface area contributed by atoms with Gasteiger partial charge in [-0.05, 0) is 30.6 Å². The summed E-state index contributed by atoms with van der Waals surface area (Å²) < 4.78 is 16.4. The predicted octanol–water partition coefficient (Wildman–Crippen LogP) is 3.91. The Balaban J connectivity index is 3.03. The maximum Gasteiger partial charge on any atom is 0.0701 e. The van der Waals surface area contributed by atoms with E-state index in [0.717, 1.165) is 26.1 Å². The number of rotatable bonds is 12. The fourth-order valence-electron chi connectivity index (χ4n) is 1.57. The van der Waals surface area contributed by atoms with Gasteiger partial charge in [-0.2, -0.15) is 0 Å². The van der Waals surface area contributed by atoms with Crippen LogP contribution in [-0.2, 0) is 14.2 Å². The average Bonchev–Trinajstić information content (AvgIpc) is 2.28. The maximum absolute atomic E-state index is 5.52. The summed E-state index contributed by atoms with van der Waals surface area (Å²) in [5.74, 6) is 0.711. The fraction of sp³-hybridized carbons (Fsp3) is 1.00. The average molecular weight is 274 g/mol. The zero-order chi connectivity index (χ0) is 14.6. The second kappa shape index (κ2) is 11.7. The molecule has 3 nitrogen and oxygen atoms in total. The Hall–Kier alpha value is -0.120. The molecule has 0 aromatic rings. The Morgan fingerprint density at radius 2 is 1.21 bits per heavy atom. The highest BCUT2D eigenvalue weighted by Gasteiger charge is 2.08. The van der Waals surface area contributed by atoms with Crippen LogP contribution in [0.4, 0.5) is 0 Å². The minimum absolute atomic E-state index is 0.410. The molecule has 0 saturated heterocycles. The fourth-order valence-corrected chi connectivity index (χ4v) is 1.57.